The molecular weight excluding hydrogens is 224 g/mol. The van der Waals surface area contributed by atoms with E-state index in [1.165, 1.54) is 6.33 Å². The molecule has 4 nitrogen and oxygen atoms in total. The molecule has 0 saturated heterocycles. The summed E-state index contributed by atoms with van der Waals surface area (Å²) in [6, 6.07) is 1.91. The monoisotopic (exact) mass is 240 g/mol. The zero-order valence-corrected chi connectivity index (χ0v) is 10.6. The smallest absolute Gasteiger partial charge is 0.306 e. The number of aryl methyl sites for hydroxylation is 1. The molecule has 5 heteroatoms. The fourth-order valence-electron chi connectivity index (χ4n) is 1.20. The van der Waals surface area contributed by atoms with Crippen LogP contribution in [0.1, 0.15) is 26.0 Å². The van der Waals surface area contributed by atoms with Gasteiger partial charge in [-0.2, -0.15) is 0 Å². The van der Waals surface area contributed by atoms with Crippen LogP contribution < -0.4 is 0 Å². The Morgan fingerprint density at radius 1 is 1.56 bits per heavy atom. The maximum atomic E-state index is 11.2. The highest BCUT2D eigenvalue weighted by Gasteiger charge is 2.11. The first-order valence-corrected chi connectivity index (χ1v) is 6.10. The summed E-state index contributed by atoms with van der Waals surface area (Å²) in [6.45, 7) is 6.15. The van der Waals surface area contributed by atoms with Gasteiger partial charge in [-0.05, 0) is 19.9 Å². The summed E-state index contributed by atoms with van der Waals surface area (Å²) in [4.78, 5) is 19.4. The zero-order chi connectivity index (χ0) is 12.0. The molecule has 88 valence electrons. The second-order valence-corrected chi connectivity index (χ2v) is 4.89. The van der Waals surface area contributed by atoms with Crippen molar-refractivity contribution in [2.24, 2.45) is 0 Å². The molecule has 0 bridgehead atoms. The van der Waals surface area contributed by atoms with Crippen LogP contribution in [0, 0.1) is 6.92 Å². The molecule has 0 saturated carbocycles. The van der Waals surface area contributed by atoms with Crippen molar-refractivity contribution >= 4 is 17.7 Å². The number of carbonyl (C=O) groups is 1. The highest BCUT2D eigenvalue weighted by molar-refractivity contribution is 7.99. The van der Waals surface area contributed by atoms with Gasteiger partial charge >= 0.3 is 5.97 Å². The highest BCUT2D eigenvalue weighted by Crippen LogP contribution is 2.23. The number of aromatic nitrogens is 2. The largest absolute Gasteiger partial charge is 0.466 e. The van der Waals surface area contributed by atoms with E-state index >= 15 is 0 Å². The maximum absolute atomic E-state index is 11.2. The number of esters is 1. The van der Waals surface area contributed by atoms with Gasteiger partial charge in [-0.3, -0.25) is 4.79 Å². The molecule has 1 rings (SSSR count). The van der Waals surface area contributed by atoms with Crippen LogP contribution in [-0.4, -0.2) is 27.8 Å². The van der Waals surface area contributed by atoms with Gasteiger partial charge in [0.05, 0.1) is 18.1 Å². The van der Waals surface area contributed by atoms with Crippen molar-refractivity contribution < 1.29 is 9.53 Å². The molecule has 0 amide bonds. The number of thioether (sulfide) groups is 1. The predicted molar refractivity (Wildman–Crippen MR) is 63.3 cm³/mol. The first-order chi connectivity index (χ1) is 7.61. The van der Waals surface area contributed by atoms with E-state index in [1.54, 1.807) is 11.8 Å². The molecule has 0 aliphatic heterocycles. The first-order valence-electron chi connectivity index (χ1n) is 5.22. The minimum absolute atomic E-state index is 0.159. The molecule has 1 aromatic rings. The Morgan fingerprint density at radius 3 is 2.94 bits per heavy atom. The quantitative estimate of drug-likeness (QED) is 0.449. The van der Waals surface area contributed by atoms with Gasteiger partial charge in [0.1, 0.15) is 6.33 Å². The molecule has 1 aromatic heterocycles. The van der Waals surface area contributed by atoms with E-state index in [0.29, 0.717) is 13.0 Å². The number of hydrogen-bond acceptors (Lipinski definition) is 5. The molecule has 0 fully saturated rings. The van der Waals surface area contributed by atoms with Crippen molar-refractivity contribution in [1.29, 1.82) is 0 Å². The Kier molecular flexibility index (Phi) is 5.25. The Hall–Kier alpha value is -1.10. The molecule has 0 spiro atoms. The van der Waals surface area contributed by atoms with Gasteiger partial charge in [0, 0.05) is 10.9 Å². The number of nitrogens with zero attached hydrogens (tertiary/aromatic N) is 2. The van der Waals surface area contributed by atoms with E-state index in [2.05, 4.69) is 9.97 Å². The van der Waals surface area contributed by atoms with Gasteiger partial charge in [0.15, 0.2) is 0 Å². The Morgan fingerprint density at radius 2 is 2.31 bits per heavy atom. The first kappa shape index (κ1) is 13.0. The summed E-state index contributed by atoms with van der Waals surface area (Å²) in [6.07, 6.45) is 1.94. The second-order valence-electron chi connectivity index (χ2n) is 3.44. The van der Waals surface area contributed by atoms with Crippen LogP contribution in [0.5, 0.6) is 0 Å². The van der Waals surface area contributed by atoms with Crippen molar-refractivity contribution in [3.8, 4) is 0 Å². The normalized spacial score (nSPS) is 12.2. The summed E-state index contributed by atoms with van der Waals surface area (Å²) in [5.74, 6) is -0.159. The lowest BCUT2D eigenvalue weighted by Crippen LogP contribution is -2.10. The molecule has 1 unspecified atom stereocenters. The topological polar surface area (TPSA) is 52.1 Å². The molecule has 0 aromatic carbocycles. The molecule has 1 heterocycles. The van der Waals surface area contributed by atoms with Crippen molar-refractivity contribution in [3.05, 3.63) is 18.1 Å². The Balaban J connectivity index is 2.45. The molecule has 0 aliphatic rings. The van der Waals surface area contributed by atoms with Gasteiger partial charge in [-0.15, -0.1) is 11.8 Å². The van der Waals surface area contributed by atoms with Crippen LogP contribution in [0.15, 0.2) is 17.4 Å². The van der Waals surface area contributed by atoms with E-state index in [1.807, 2.05) is 26.8 Å². The van der Waals surface area contributed by atoms with Crippen LogP contribution in [0.4, 0.5) is 0 Å². The number of hydrogen-bond donors (Lipinski definition) is 0. The molecule has 0 N–H and O–H groups in total. The van der Waals surface area contributed by atoms with Gasteiger partial charge in [-0.1, -0.05) is 6.92 Å². The SMILES string of the molecule is CCOC(=O)CC(C)Sc1cc(C)ncn1. The minimum Gasteiger partial charge on any atom is -0.466 e. The van der Waals surface area contributed by atoms with E-state index < -0.39 is 0 Å². The molecule has 1 atom stereocenters. The van der Waals surface area contributed by atoms with Crippen LogP contribution in [0.25, 0.3) is 0 Å². The average Bonchev–Trinajstić information content (AvgIpc) is 2.17. The highest BCUT2D eigenvalue weighted by atomic mass is 32.2. The average molecular weight is 240 g/mol. The summed E-state index contributed by atoms with van der Waals surface area (Å²) < 4.78 is 4.89. The maximum Gasteiger partial charge on any atom is 0.306 e. The Bertz CT molecular complexity index is 358. The lowest BCUT2D eigenvalue weighted by molar-refractivity contribution is -0.142. The molecule has 16 heavy (non-hydrogen) atoms. The fraction of sp³-hybridized carbons (Fsp3) is 0.545. The summed E-state index contributed by atoms with van der Waals surface area (Å²) in [5.41, 5.74) is 0.931. The van der Waals surface area contributed by atoms with Crippen molar-refractivity contribution in [1.82, 2.24) is 9.97 Å². The third kappa shape index (κ3) is 4.61. The zero-order valence-electron chi connectivity index (χ0n) is 9.77. The second kappa shape index (κ2) is 6.48. The van der Waals surface area contributed by atoms with Crippen LogP contribution in [0.2, 0.25) is 0 Å². The van der Waals surface area contributed by atoms with Crippen molar-refractivity contribution in [3.63, 3.8) is 0 Å². The summed E-state index contributed by atoms with van der Waals surface area (Å²) in [7, 11) is 0. The molecule has 0 aliphatic carbocycles. The van der Waals surface area contributed by atoms with Gasteiger partial charge in [0.2, 0.25) is 0 Å². The van der Waals surface area contributed by atoms with Gasteiger partial charge in [-0.25, -0.2) is 9.97 Å². The lowest BCUT2D eigenvalue weighted by Gasteiger charge is -2.09. The summed E-state index contributed by atoms with van der Waals surface area (Å²) >= 11 is 1.56. The van der Waals surface area contributed by atoms with Gasteiger partial charge < -0.3 is 4.74 Å². The van der Waals surface area contributed by atoms with Crippen molar-refractivity contribution in [2.45, 2.75) is 37.5 Å². The molecule has 0 radical (unpaired) electrons. The van der Waals surface area contributed by atoms with Gasteiger partial charge in [0.25, 0.3) is 0 Å². The Labute approximate surface area is 99.8 Å². The number of carbonyl (C=O) groups excluding carboxylic acids is 1. The lowest BCUT2D eigenvalue weighted by atomic mass is 10.3. The van der Waals surface area contributed by atoms with E-state index in [0.717, 1.165) is 10.7 Å². The van der Waals surface area contributed by atoms with Crippen LogP contribution >= 0.6 is 11.8 Å². The number of ether oxygens (including phenoxy) is 1. The summed E-state index contributed by atoms with van der Waals surface area (Å²) in [5, 5.41) is 1.05. The van der Waals surface area contributed by atoms with Crippen LogP contribution in [-0.2, 0) is 9.53 Å². The third-order valence-corrected chi connectivity index (χ3v) is 2.89. The molecular formula is C11H16N2O2S. The van der Waals surface area contributed by atoms with Crippen molar-refractivity contribution in [2.75, 3.05) is 6.61 Å². The third-order valence-electron chi connectivity index (χ3n) is 1.86. The van der Waals surface area contributed by atoms with E-state index in [9.17, 15) is 4.79 Å². The standard InChI is InChI=1S/C11H16N2O2S/c1-4-15-11(14)6-9(3)16-10-5-8(2)12-7-13-10/h5,7,9H,4,6H2,1-3H3. The van der Waals surface area contributed by atoms with Crippen LogP contribution in [0.3, 0.4) is 0 Å². The van der Waals surface area contributed by atoms with E-state index in [-0.39, 0.29) is 11.2 Å². The fourth-order valence-corrected chi connectivity index (χ4v) is 2.18. The van der Waals surface area contributed by atoms with E-state index in [4.69, 9.17) is 4.74 Å². The predicted octanol–water partition coefficient (Wildman–Crippen LogP) is 2.22. The number of rotatable bonds is 5. The minimum atomic E-state index is -0.159.